The van der Waals surface area contributed by atoms with Gasteiger partial charge < -0.3 is 51.0 Å². The Labute approximate surface area is 457 Å². The van der Waals surface area contributed by atoms with Crippen LogP contribution in [0.15, 0.2) is 158 Å². The molecule has 420 valence electrons. The zero-order chi connectivity index (χ0) is 59.3. The molecule has 8 rings (SSSR count). The summed E-state index contributed by atoms with van der Waals surface area (Å²) in [6.45, 7) is 2.11. The molecular weight excluding hydrogens is 1050 g/mol. The molecule has 0 bridgehead atoms. The summed E-state index contributed by atoms with van der Waals surface area (Å²) < 4.78 is 68.7. The zero-order valence-corrected chi connectivity index (χ0v) is 44.5. The number of halogens is 6. The molecule has 0 radical (unpaired) electrons. The predicted octanol–water partition coefficient (Wildman–Crippen LogP) is 6.80. The van der Waals surface area contributed by atoms with Gasteiger partial charge in [-0.15, -0.1) is 0 Å². The highest BCUT2D eigenvalue weighted by atomic mass is 19.4. The van der Waals surface area contributed by atoms with Crippen LogP contribution in [0.1, 0.15) is 54.1 Å². The van der Waals surface area contributed by atoms with Crippen LogP contribution in [0.25, 0.3) is 21.8 Å². The number of aromatic nitrogens is 2. The number of carbonyl (C=O) groups is 4. The second-order valence-electron chi connectivity index (χ2n) is 19.9. The minimum Gasteiger partial charge on any atom is -0.542 e. The maximum atomic E-state index is 13.1. The predicted molar refractivity (Wildman–Crippen MR) is 293 cm³/mol. The Bertz CT molecular complexity index is 3270. The van der Waals surface area contributed by atoms with Gasteiger partial charge in [-0.05, 0) is 70.8 Å². The number of benzene rings is 6. The Balaban J connectivity index is 0.000000237. The molecule has 6 aromatic carbocycles. The summed E-state index contributed by atoms with van der Waals surface area (Å²) in [4.78, 5) is 43.8. The first-order valence-corrected chi connectivity index (χ1v) is 24.3. The topological polar surface area (TPSA) is 248 Å². The molecule has 0 fully saturated rings. The summed E-state index contributed by atoms with van der Waals surface area (Å²) in [5, 5.41) is 40.9. The summed E-state index contributed by atoms with van der Waals surface area (Å²) in [6.07, 6.45) is -6.58. The molecule has 2 amide bonds. The first kappa shape index (κ1) is 61.6. The maximum absolute atomic E-state index is 13.1. The van der Waals surface area contributed by atoms with Gasteiger partial charge in [0.1, 0.15) is 35.0 Å². The molecule has 22 heteroatoms. The van der Waals surface area contributed by atoms with Gasteiger partial charge in [0.15, 0.2) is 0 Å². The molecule has 8 N–H and O–H groups in total. The quantitative estimate of drug-likeness (QED) is 0.0292. The minimum absolute atomic E-state index is 0.0451. The molecular formula is C58H60F6N10O6. The molecule has 80 heavy (non-hydrogen) atoms. The second-order valence-corrected chi connectivity index (χ2v) is 19.9. The highest BCUT2D eigenvalue weighted by molar-refractivity contribution is 6.08. The van der Waals surface area contributed by atoms with Crippen LogP contribution in [-0.4, -0.2) is 99.2 Å². The number of hydrogen-bond acceptors (Lipinski definition) is 8. The number of amides is 2. The lowest BCUT2D eigenvalue weighted by Crippen LogP contribution is -2.37. The van der Waals surface area contributed by atoms with Crippen LogP contribution in [0.3, 0.4) is 0 Å². The SMILES string of the molecule is C[N+](C)(C)c1ccc(CNC(=O)c2cn(Cc3cccc(C(=N)N)c3)c3ccccc23)cc1.C[N+](C)(C)c1ccc(CNC(=O)c2cn(Cc3cccc(C(=N)N)c3)c3ccccc23)cc1.O=C([O-])C(F)(F)F.O=C([O-])C(F)(F)F. The van der Waals surface area contributed by atoms with Gasteiger partial charge in [-0.1, -0.05) is 97.1 Å². The third-order valence-corrected chi connectivity index (χ3v) is 12.0. The van der Waals surface area contributed by atoms with Gasteiger partial charge in [-0.25, -0.2) is 0 Å². The molecule has 0 saturated heterocycles. The van der Waals surface area contributed by atoms with E-state index in [1.807, 2.05) is 109 Å². The summed E-state index contributed by atoms with van der Waals surface area (Å²) in [7, 11) is 12.8. The third kappa shape index (κ3) is 17.4. The van der Waals surface area contributed by atoms with E-state index in [4.69, 9.17) is 42.1 Å². The lowest BCUT2D eigenvalue weighted by atomic mass is 10.1. The van der Waals surface area contributed by atoms with Crippen molar-refractivity contribution in [2.45, 2.75) is 38.5 Å². The van der Waals surface area contributed by atoms with Crippen LogP contribution < -0.4 is 41.3 Å². The van der Waals surface area contributed by atoms with E-state index >= 15 is 0 Å². The van der Waals surface area contributed by atoms with Crippen molar-refractivity contribution in [2.24, 2.45) is 11.5 Å². The average Bonchev–Trinajstić information content (AvgIpc) is 3.95. The maximum Gasteiger partial charge on any atom is 0.430 e. The molecule has 2 heterocycles. The van der Waals surface area contributed by atoms with Crippen LogP contribution in [0.4, 0.5) is 37.7 Å². The van der Waals surface area contributed by atoms with Crippen molar-refractivity contribution in [1.82, 2.24) is 28.7 Å². The molecule has 0 spiro atoms. The highest BCUT2D eigenvalue weighted by Crippen LogP contribution is 2.26. The van der Waals surface area contributed by atoms with Gasteiger partial charge in [0.05, 0.1) is 53.4 Å². The van der Waals surface area contributed by atoms with E-state index in [-0.39, 0.29) is 23.5 Å². The lowest BCUT2D eigenvalue weighted by Gasteiger charge is -2.23. The fourth-order valence-corrected chi connectivity index (χ4v) is 7.86. The Hall–Kier alpha value is -9.28. The number of nitrogens with two attached hydrogens (primary N) is 2. The number of carboxylic acid groups (broad SMARTS) is 2. The molecule has 0 saturated carbocycles. The summed E-state index contributed by atoms with van der Waals surface area (Å²) in [5.74, 6) is -6.12. The summed E-state index contributed by atoms with van der Waals surface area (Å²) in [6, 6.07) is 47.7. The minimum atomic E-state index is -5.19. The normalized spacial score (nSPS) is 11.4. The fraction of sp³-hybridized carbons (Fsp3) is 0.207. The smallest absolute Gasteiger partial charge is 0.430 e. The van der Waals surface area contributed by atoms with Crippen molar-refractivity contribution in [3.63, 3.8) is 0 Å². The highest BCUT2D eigenvalue weighted by Gasteiger charge is 2.29. The Morgan fingerprint density at radius 1 is 0.487 bits per heavy atom. The largest absolute Gasteiger partial charge is 0.542 e. The van der Waals surface area contributed by atoms with Crippen molar-refractivity contribution in [2.75, 3.05) is 42.3 Å². The molecule has 2 aromatic heterocycles. The van der Waals surface area contributed by atoms with Crippen LogP contribution in [0.2, 0.25) is 0 Å². The molecule has 0 aliphatic rings. The van der Waals surface area contributed by atoms with Gasteiger partial charge >= 0.3 is 12.4 Å². The molecule has 0 unspecified atom stereocenters. The number of alkyl halides is 6. The van der Waals surface area contributed by atoms with Crippen LogP contribution in [0.5, 0.6) is 0 Å². The van der Waals surface area contributed by atoms with E-state index in [0.717, 1.165) is 53.0 Å². The molecule has 0 atom stereocenters. The fourth-order valence-electron chi connectivity index (χ4n) is 7.86. The van der Waals surface area contributed by atoms with E-state index in [2.05, 4.69) is 111 Å². The van der Waals surface area contributed by atoms with Crippen LogP contribution in [-0.2, 0) is 35.8 Å². The van der Waals surface area contributed by atoms with Crippen molar-refractivity contribution in [3.8, 4) is 0 Å². The summed E-state index contributed by atoms with van der Waals surface area (Å²) >= 11 is 0. The first-order valence-electron chi connectivity index (χ1n) is 24.3. The standard InChI is InChI=1S/2C27H29N5O.2C2HF3O2/c2*1-32(2,3)22-13-11-19(12-14-22)16-30-27(33)24-18-31(25-10-5-4-9-23(24)25)17-20-7-6-8-21(15-20)26(28)29;2*3-2(4,5)1(6)7/h2*4-15,18H,16-17H2,1-3H3,(H3-,28,29,30,33);2*(H,6,7). The number of carboxylic acids is 2. The van der Waals surface area contributed by atoms with Crippen molar-refractivity contribution in [3.05, 3.63) is 202 Å². The summed E-state index contributed by atoms with van der Waals surface area (Å²) in [5.41, 5.74) is 22.5. The Kier molecular flexibility index (Phi) is 19.9. The van der Waals surface area contributed by atoms with E-state index < -0.39 is 24.3 Å². The Morgan fingerprint density at radius 2 is 0.800 bits per heavy atom. The molecule has 8 aromatic rings. The first-order chi connectivity index (χ1) is 37.3. The third-order valence-electron chi connectivity index (χ3n) is 12.0. The van der Waals surface area contributed by atoms with Gasteiger partial charge in [-0.2, -0.15) is 26.3 Å². The Morgan fingerprint density at radius 3 is 1.09 bits per heavy atom. The number of nitrogens with one attached hydrogen (secondary N) is 4. The second kappa shape index (κ2) is 25.9. The van der Waals surface area contributed by atoms with Crippen molar-refractivity contribution >= 4 is 68.6 Å². The van der Waals surface area contributed by atoms with E-state index in [0.29, 0.717) is 48.4 Å². The monoisotopic (exact) mass is 1110 g/mol. The number of quaternary nitrogens is 2. The van der Waals surface area contributed by atoms with Crippen LogP contribution in [0, 0.1) is 10.8 Å². The number of para-hydroxylation sites is 2. The van der Waals surface area contributed by atoms with Crippen molar-refractivity contribution in [1.29, 1.82) is 10.8 Å². The number of aliphatic carboxylic acids is 2. The zero-order valence-electron chi connectivity index (χ0n) is 44.5. The van der Waals surface area contributed by atoms with Gasteiger partial charge in [0.25, 0.3) is 11.8 Å². The van der Waals surface area contributed by atoms with E-state index in [9.17, 15) is 35.9 Å². The number of fused-ring (bicyclic) bond motifs is 2. The number of amidine groups is 2. The number of nitrogens with zero attached hydrogens (tertiary/aromatic N) is 4. The van der Waals surface area contributed by atoms with Crippen LogP contribution >= 0.6 is 0 Å². The van der Waals surface area contributed by atoms with Gasteiger partial charge in [-0.3, -0.25) is 29.4 Å². The molecule has 0 aliphatic carbocycles. The van der Waals surface area contributed by atoms with Gasteiger partial charge in [0.2, 0.25) is 0 Å². The van der Waals surface area contributed by atoms with E-state index in [1.54, 1.807) is 0 Å². The van der Waals surface area contributed by atoms with E-state index in [1.165, 1.54) is 11.4 Å². The van der Waals surface area contributed by atoms with Crippen molar-refractivity contribution < 1.29 is 55.7 Å². The molecule has 0 aliphatic heterocycles. The number of hydrogen-bond donors (Lipinski definition) is 6. The lowest BCUT2D eigenvalue weighted by molar-refractivity contribution is -0.344. The average molecular weight is 1110 g/mol. The van der Waals surface area contributed by atoms with Gasteiger partial charge in [0, 0.05) is 71.5 Å². The number of nitrogen functional groups attached to an aromatic ring is 2. The number of carbonyl (C=O) groups excluding carboxylic acids is 4. The molecule has 16 nitrogen and oxygen atoms in total. The number of rotatable bonds is 14.